The van der Waals surface area contributed by atoms with E-state index in [0.717, 1.165) is 6.07 Å². The summed E-state index contributed by atoms with van der Waals surface area (Å²) < 4.78 is 50.4. The van der Waals surface area contributed by atoms with E-state index in [1.54, 1.807) is 6.92 Å². The SMILES string of the molecule is CCCN(CCC(=O)c1ccccc1F)CC(F)(F)F. The fourth-order valence-electron chi connectivity index (χ4n) is 1.92. The van der Waals surface area contributed by atoms with Crippen LogP contribution in [0.25, 0.3) is 0 Å². The van der Waals surface area contributed by atoms with Gasteiger partial charge >= 0.3 is 6.18 Å². The lowest BCUT2D eigenvalue weighted by molar-refractivity contribution is -0.145. The number of carbonyl (C=O) groups excluding carboxylic acids is 1. The fraction of sp³-hybridized carbons (Fsp3) is 0.500. The molecule has 6 heteroatoms. The van der Waals surface area contributed by atoms with Gasteiger partial charge in [-0.05, 0) is 25.1 Å². The smallest absolute Gasteiger partial charge is 0.295 e. The molecule has 0 saturated carbocycles. The minimum absolute atomic E-state index is 0.0273. The normalized spacial score (nSPS) is 11.9. The first-order chi connectivity index (χ1) is 9.33. The van der Waals surface area contributed by atoms with E-state index in [9.17, 15) is 22.4 Å². The van der Waals surface area contributed by atoms with Gasteiger partial charge in [-0.25, -0.2) is 4.39 Å². The van der Waals surface area contributed by atoms with E-state index in [1.165, 1.54) is 23.1 Å². The molecule has 1 aromatic rings. The van der Waals surface area contributed by atoms with Gasteiger partial charge in [0.25, 0.3) is 0 Å². The van der Waals surface area contributed by atoms with Crippen molar-refractivity contribution in [3.05, 3.63) is 35.6 Å². The maximum absolute atomic E-state index is 13.4. The van der Waals surface area contributed by atoms with Gasteiger partial charge in [0, 0.05) is 13.0 Å². The molecule has 0 aliphatic carbocycles. The van der Waals surface area contributed by atoms with E-state index in [4.69, 9.17) is 0 Å². The maximum atomic E-state index is 13.4. The highest BCUT2D eigenvalue weighted by atomic mass is 19.4. The molecule has 0 aliphatic rings. The Bertz CT molecular complexity index is 445. The molecule has 0 saturated heterocycles. The van der Waals surface area contributed by atoms with Gasteiger partial charge in [0.05, 0.1) is 12.1 Å². The van der Waals surface area contributed by atoms with E-state index < -0.39 is 24.3 Å². The Morgan fingerprint density at radius 3 is 2.40 bits per heavy atom. The third-order valence-corrected chi connectivity index (χ3v) is 2.77. The number of halogens is 4. The Morgan fingerprint density at radius 1 is 1.20 bits per heavy atom. The van der Waals surface area contributed by atoms with Crippen LogP contribution in [-0.2, 0) is 0 Å². The molecule has 0 aliphatic heterocycles. The summed E-state index contributed by atoms with van der Waals surface area (Å²) in [6.45, 7) is 0.942. The van der Waals surface area contributed by atoms with E-state index in [0.29, 0.717) is 6.42 Å². The summed E-state index contributed by atoms with van der Waals surface area (Å²) in [6, 6.07) is 5.48. The Kier molecular flexibility index (Phi) is 6.13. The number of rotatable bonds is 7. The Labute approximate surface area is 115 Å². The van der Waals surface area contributed by atoms with Crippen molar-refractivity contribution in [2.75, 3.05) is 19.6 Å². The molecule has 1 rings (SSSR count). The standard InChI is InChI=1S/C14H17F4NO/c1-2-8-19(10-14(16,17)18)9-7-13(20)11-5-3-4-6-12(11)15/h3-6H,2,7-10H2,1H3. The molecule has 0 N–H and O–H groups in total. The van der Waals surface area contributed by atoms with Crippen molar-refractivity contribution in [1.82, 2.24) is 4.90 Å². The Hall–Kier alpha value is -1.43. The molecular weight excluding hydrogens is 274 g/mol. The van der Waals surface area contributed by atoms with Crippen LogP contribution in [0, 0.1) is 5.82 Å². The number of alkyl halides is 3. The van der Waals surface area contributed by atoms with Gasteiger partial charge in [-0.2, -0.15) is 13.2 Å². The van der Waals surface area contributed by atoms with E-state index in [2.05, 4.69) is 0 Å². The molecule has 0 fully saturated rings. The lowest BCUT2D eigenvalue weighted by atomic mass is 10.1. The molecule has 0 spiro atoms. The number of carbonyl (C=O) groups is 1. The second kappa shape index (κ2) is 7.38. The van der Waals surface area contributed by atoms with Gasteiger partial charge in [-0.1, -0.05) is 19.1 Å². The lowest BCUT2D eigenvalue weighted by Crippen LogP contribution is -2.36. The minimum atomic E-state index is -4.30. The van der Waals surface area contributed by atoms with Crippen molar-refractivity contribution in [2.24, 2.45) is 0 Å². The second-order valence-corrected chi connectivity index (χ2v) is 4.54. The first-order valence-corrected chi connectivity index (χ1v) is 6.40. The number of ketones is 1. The molecule has 0 aromatic heterocycles. The lowest BCUT2D eigenvalue weighted by Gasteiger charge is -2.22. The maximum Gasteiger partial charge on any atom is 0.401 e. The summed E-state index contributed by atoms with van der Waals surface area (Å²) in [5, 5.41) is 0. The molecule has 0 bridgehead atoms. The third-order valence-electron chi connectivity index (χ3n) is 2.77. The van der Waals surface area contributed by atoms with Crippen molar-refractivity contribution in [1.29, 1.82) is 0 Å². The van der Waals surface area contributed by atoms with Crippen LogP contribution in [0.4, 0.5) is 17.6 Å². The summed E-state index contributed by atoms with van der Waals surface area (Å²) in [4.78, 5) is 13.0. The van der Waals surface area contributed by atoms with Crippen LogP contribution in [-0.4, -0.2) is 36.5 Å². The monoisotopic (exact) mass is 291 g/mol. The van der Waals surface area contributed by atoms with E-state index in [1.807, 2.05) is 0 Å². The van der Waals surface area contributed by atoms with Crippen LogP contribution in [0.1, 0.15) is 30.1 Å². The molecule has 0 amide bonds. The topological polar surface area (TPSA) is 20.3 Å². The quantitative estimate of drug-likeness (QED) is 0.564. The van der Waals surface area contributed by atoms with E-state index >= 15 is 0 Å². The van der Waals surface area contributed by atoms with Crippen LogP contribution in [0.15, 0.2) is 24.3 Å². The highest BCUT2D eigenvalue weighted by Gasteiger charge is 2.30. The summed E-state index contributed by atoms with van der Waals surface area (Å²) in [7, 11) is 0. The molecule has 1 aromatic carbocycles. The van der Waals surface area contributed by atoms with Crippen molar-refractivity contribution >= 4 is 5.78 Å². The summed E-state index contributed by atoms with van der Waals surface area (Å²) in [5.41, 5.74) is -0.0732. The zero-order valence-electron chi connectivity index (χ0n) is 11.2. The van der Waals surface area contributed by atoms with Crippen LogP contribution < -0.4 is 0 Å². The van der Waals surface area contributed by atoms with Crippen molar-refractivity contribution in [3.63, 3.8) is 0 Å². The van der Waals surface area contributed by atoms with Crippen LogP contribution in [0.2, 0.25) is 0 Å². The van der Waals surface area contributed by atoms with Crippen LogP contribution >= 0.6 is 0 Å². The average molecular weight is 291 g/mol. The van der Waals surface area contributed by atoms with Gasteiger partial charge in [0.1, 0.15) is 5.82 Å². The molecule has 0 radical (unpaired) electrons. The summed E-state index contributed by atoms with van der Waals surface area (Å²) >= 11 is 0. The minimum Gasteiger partial charge on any atom is -0.295 e. The molecule has 0 atom stereocenters. The molecular formula is C14H17F4NO. The van der Waals surface area contributed by atoms with Crippen molar-refractivity contribution in [3.8, 4) is 0 Å². The van der Waals surface area contributed by atoms with E-state index in [-0.39, 0.29) is 25.1 Å². The second-order valence-electron chi connectivity index (χ2n) is 4.54. The summed E-state index contributed by atoms with van der Waals surface area (Å²) in [6.07, 6.45) is -3.86. The largest absolute Gasteiger partial charge is 0.401 e. The highest BCUT2D eigenvalue weighted by molar-refractivity contribution is 5.96. The summed E-state index contributed by atoms with van der Waals surface area (Å²) in [5.74, 6) is -1.12. The van der Waals surface area contributed by atoms with Gasteiger partial charge in [-0.15, -0.1) is 0 Å². The number of hydrogen-bond acceptors (Lipinski definition) is 2. The average Bonchev–Trinajstić information content (AvgIpc) is 2.34. The van der Waals surface area contributed by atoms with Crippen molar-refractivity contribution < 1.29 is 22.4 Å². The molecule has 0 unspecified atom stereocenters. The molecule has 2 nitrogen and oxygen atoms in total. The number of nitrogens with zero attached hydrogens (tertiary/aromatic N) is 1. The predicted octanol–water partition coefficient (Wildman–Crippen LogP) is 3.67. The van der Waals surface area contributed by atoms with Gasteiger partial charge in [-0.3, -0.25) is 9.69 Å². The first-order valence-electron chi connectivity index (χ1n) is 6.40. The molecule has 112 valence electrons. The number of hydrogen-bond donors (Lipinski definition) is 0. The Morgan fingerprint density at radius 2 is 1.85 bits per heavy atom. The molecule has 0 heterocycles. The van der Waals surface area contributed by atoms with Crippen LogP contribution in [0.3, 0.4) is 0 Å². The Balaban J connectivity index is 2.59. The van der Waals surface area contributed by atoms with Gasteiger partial charge < -0.3 is 0 Å². The first kappa shape index (κ1) is 16.6. The number of Topliss-reactive ketones (excluding diaryl/α,β-unsaturated/α-hetero) is 1. The zero-order valence-corrected chi connectivity index (χ0v) is 11.2. The number of benzene rings is 1. The molecule has 20 heavy (non-hydrogen) atoms. The van der Waals surface area contributed by atoms with Gasteiger partial charge in [0.15, 0.2) is 5.78 Å². The fourth-order valence-corrected chi connectivity index (χ4v) is 1.92. The van der Waals surface area contributed by atoms with Crippen LogP contribution in [0.5, 0.6) is 0 Å². The highest BCUT2D eigenvalue weighted by Crippen LogP contribution is 2.17. The predicted molar refractivity (Wildman–Crippen MR) is 68.1 cm³/mol. The third kappa shape index (κ3) is 5.69. The van der Waals surface area contributed by atoms with Crippen molar-refractivity contribution in [2.45, 2.75) is 25.9 Å². The van der Waals surface area contributed by atoms with Gasteiger partial charge in [0.2, 0.25) is 0 Å². The zero-order chi connectivity index (χ0) is 15.2.